The first-order chi connectivity index (χ1) is 10.1. The molecule has 0 atom stereocenters. The molecule has 7 nitrogen and oxygen atoms in total. The van der Waals surface area contributed by atoms with Gasteiger partial charge in [-0.15, -0.1) is 0 Å². The van der Waals surface area contributed by atoms with E-state index in [1.807, 2.05) is 6.07 Å². The number of aromatic nitrogens is 1. The smallest absolute Gasteiger partial charge is 0.435 e. The number of hydrogen-bond acceptors (Lipinski definition) is 5. The Kier molecular flexibility index (Phi) is 5.36. The van der Waals surface area contributed by atoms with Crippen molar-refractivity contribution in [1.82, 2.24) is 9.99 Å². The number of rotatable bonds is 3. The van der Waals surface area contributed by atoms with Crippen LogP contribution in [-0.4, -0.2) is 34.7 Å². The molecule has 1 aromatic carbocycles. The predicted octanol–water partition coefficient (Wildman–Crippen LogP) is -0.331. The van der Waals surface area contributed by atoms with Gasteiger partial charge >= 0.3 is 29.6 Å². The van der Waals surface area contributed by atoms with E-state index in [-0.39, 0.29) is 42.0 Å². The first-order valence-corrected chi connectivity index (χ1v) is 6.31. The van der Waals surface area contributed by atoms with Gasteiger partial charge in [0.05, 0.1) is 12.4 Å². The molecule has 1 aliphatic rings. The Bertz CT molecular complexity index is 746. The Balaban J connectivity index is 0.00000176. The summed E-state index contributed by atoms with van der Waals surface area (Å²) in [6, 6.07) is 6.42. The third-order valence-corrected chi connectivity index (χ3v) is 2.90. The van der Waals surface area contributed by atoms with Crippen LogP contribution in [0.25, 0.3) is 16.6 Å². The summed E-state index contributed by atoms with van der Waals surface area (Å²) in [6.45, 7) is -0.169. The minimum atomic E-state index is -0.696. The van der Waals surface area contributed by atoms with E-state index >= 15 is 0 Å². The van der Waals surface area contributed by atoms with Gasteiger partial charge in [0.25, 0.3) is 0 Å². The van der Waals surface area contributed by atoms with Crippen LogP contribution in [0, 0.1) is 0 Å². The number of hydrazone groups is 1. The number of carbonyl (C=O) groups excluding carboxylic acids is 2. The van der Waals surface area contributed by atoms with Crippen LogP contribution in [0.3, 0.4) is 0 Å². The number of amides is 3. The van der Waals surface area contributed by atoms with Crippen LogP contribution in [-0.2, 0) is 4.79 Å². The molecule has 106 valence electrons. The van der Waals surface area contributed by atoms with E-state index in [9.17, 15) is 9.59 Å². The molecule has 22 heavy (non-hydrogen) atoms. The third kappa shape index (κ3) is 3.75. The number of hydrogen-bond donors (Lipinski definition) is 0. The molecule has 1 fully saturated rings. The van der Waals surface area contributed by atoms with Crippen molar-refractivity contribution in [2.24, 2.45) is 5.10 Å². The molecular formula is C13H8ClN4NaO3. The van der Waals surface area contributed by atoms with E-state index in [0.717, 1.165) is 10.6 Å². The number of urea groups is 1. The molecule has 1 aromatic heterocycles. The summed E-state index contributed by atoms with van der Waals surface area (Å²) in [6.07, 6.45) is 2.77. The minimum Gasteiger partial charge on any atom is -0.435 e. The topological polar surface area (TPSA) is 89.9 Å². The van der Waals surface area contributed by atoms with Gasteiger partial charge in [-0.25, -0.2) is 4.98 Å². The summed E-state index contributed by atoms with van der Waals surface area (Å²) in [5, 5.41) is 8.55. The summed E-state index contributed by atoms with van der Waals surface area (Å²) < 4.78 is 5.47. The minimum absolute atomic E-state index is 0. The van der Waals surface area contributed by atoms with Crippen molar-refractivity contribution in [3.63, 3.8) is 0 Å². The number of imide groups is 1. The fourth-order valence-electron chi connectivity index (χ4n) is 1.73. The van der Waals surface area contributed by atoms with Gasteiger partial charge in [-0.05, 0) is 12.1 Å². The molecule has 3 rings (SSSR count). The zero-order valence-corrected chi connectivity index (χ0v) is 14.3. The summed E-state index contributed by atoms with van der Waals surface area (Å²) in [7, 11) is 0. The van der Waals surface area contributed by atoms with Crippen molar-refractivity contribution < 1.29 is 43.6 Å². The van der Waals surface area contributed by atoms with Crippen LogP contribution >= 0.6 is 11.6 Å². The molecule has 3 amide bonds. The third-order valence-electron chi connectivity index (χ3n) is 2.67. The number of oxazole rings is 1. The molecule has 9 heteroatoms. The fraction of sp³-hybridized carbons (Fsp3) is 0.0769. The van der Waals surface area contributed by atoms with Crippen molar-refractivity contribution >= 4 is 29.8 Å². The second-order valence-corrected chi connectivity index (χ2v) is 4.60. The van der Waals surface area contributed by atoms with Gasteiger partial charge in [0.15, 0.2) is 17.7 Å². The number of carbonyl (C=O) groups is 2. The van der Waals surface area contributed by atoms with Gasteiger partial charge in [0.1, 0.15) is 0 Å². The molecule has 0 bridgehead atoms. The monoisotopic (exact) mass is 326 g/mol. The van der Waals surface area contributed by atoms with Gasteiger partial charge < -0.3 is 14.7 Å². The zero-order valence-electron chi connectivity index (χ0n) is 11.6. The normalized spacial score (nSPS) is 14.3. The number of nitrogens with zero attached hydrogens (tertiary/aromatic N) is 4. The van der Waals surface area contributed by atoms with E-state index in [4.69, 9.17) is 16.0 Å². The van der Waals surface area contributed by atoms with Crippen molar-refractivity contribution in [2.45, 2.75) is 0 Å². The van der Waals surface area contributed by atoms with Gasteiger partial charge in [-0.2, -0.15) is 0 Å². The number of benzene rings is 1. The molecule has 1 aliphatic heterocycles. The molecular weight excluding hydrogens is 319 g/mol. The maximum atomic E-state index is 11.2. The Morgan fingerprint density at radius 2 is 2.23 bits per heavy atom. The average molecular weight is 327 g/mol. The SMILES string of the molecule is O=C1CN(/N=C/c2ncc(-c3cccc(Cl)c3)o2)C(=O)[N-]1.[Na+]. The largest absolute Gasteiger partial charge is 1.00 e. The molecule has 1 saturated heterocycles. The molecule has 0 aliphatic carbocycles. The summed E-state index contributed by atoms with van der Waals surface area (Å²) in [4.78, 5) is 26.2. The van der Waals surface area contributed by atoms with Crippen molar-refractivity contribution in [1.29, 1.82) is 0 Å². The molecule has 0 radical (unpaired) electrons. The van der Waals surface area contributed by atoms with Crippen LogP contribution in [0.15, 0.2) is 40.0 Å². The Morgan fingerprint density at radius 1 is 1.41 bits per heavy atom. The van der Waals surface area contributed by atoms with Crippen LogP contribution < -0.4 is 29.6 Å². The maximum Gasteiger partial charge on any atom is 1.00 e. The van der Waals surface area contributed by atoms with Crippen molar-refractivity contribution in [3.05, 3.63) is 46.7 Å². The zero-order chi connectivity index (χ0) is 14.8. The molecule has 0 N–H and O–H groups in total. The van der Waals surface area contributed by atoms with E-state index in [1.54, 1.807) is 18.2 Å². The van der Waals surface area contributed by atoms with Crippen molar-refractivity contribution in [2.75, 3.05) is 6.54 Å². The molecule has 2 aromatic rings. The van der Waals surface area contributed by atoms with Crippen LogP contribution in [0.2, 0.25) is 5.02 Å². The van der Waals surface area contributed by atoms with Gasteiger partial charge in [0.2, 0.25) is 5.89 Å². The average Bonchev–Trinajstić information content (AvgIpc) is 3.03. The first kappa shape index (κ1) is 16.7. The van der Waals surface area contributed by atoms with E-state index in [0.29, 0.717) is 10.8 Å². The molecule has 0 spiro atoms. The van der Waals surface area contributed by atoms with Crippen molar-refractivity contribution in [3.8, 4) is 11.3 Å². The van der Waals surface area contributed by atoms with Crippen LogP contribution in [0.5, 0.6) is 0 Å². The van der Waals surface area contributed by atoms with Crippen LogP contribution in [0.1, 0.15) is 5.89 Å². The van der Waals surface area contributed by atoms with Crippen LogP contribution in [0.4, 0.5) is 4.79 Å². The summed E-state index contributed by atoms with van der Waals surface area (Å²) >= 11 is 5.90. The second kappa shape index (κ2) is 7.06. The molecule has 0 unspecified atom stereocenters. The maximum absolute atomic E-state index is 11.2. The summed E-state index contributed by atoms with van der Waals surface area (Å²) in [5.41, 5.74) is 0.775. The Morgan fingerprint density at radius 3 is 2.91 bits per heavy atom. The first-order valence-electron chi connectivity index (χ1n) is 5.93. The summed E-state index contributed by atoms with van der Waals surface area (Å²) in [5.74, 6) is 0.203. The Labute approximate surface area is 152 Å². The molecule has 2 heterocycles. The van der Waals surface area contributed by atoms with E-state index < -0.39 is 11.9 Å². The Hall–Kier alpha value is -1.67. The molecule has 0 saturated carbocycles. The fourth-order valence-corrected chi connectivity index (χ4v) is 1.92. The van der Waals surface area contributed by atoms with E-state index in [2.05, 4.69) is 15.4 Å². The van der Waals surface area contributed by atoms with Gasteiger partial charge in [0, 0.05) is 17.1 Å². The van der Waals surface area contributed by atoms with E-state index in [1.165, 1.54) is 12.4 Å². The number of halogens is 1. The van der Waals surface area contributed by atoms with Gasteiger partial charge in [-0.3, -0.25) is 14.7 Å². The predicted molar refractivity (Wildman–Crippen MR) is 75.0 cm³/mol. The standard InChI is InChI=1S/C13H9ClN4O3.Na/c14-9-3-1-2-8(4-9)10-5-15-12(21-10)6-16-18-7-11(19)17-13(18)20;/h1-6H,7H2,(H,17,19,20);/q;+1/p-1/b16-6+;. The van der Waals surface area contributed by atoms with Gasteiger partial charge in [-0.1, -0.05) is 23.7 Å². The second-order valence-electron chi connectivity index (χ2n) is 4.16. The quantitative estimate of drug-likeness (QED) is 0.439.